The van der Waals surface area contributed by atoms with E-state index in [2.05, 4.69) is 17.6 Å². The minimum atomic E-state index is -0.367. The summed E-state index contributed by atoms with van der Waals surface area (Å²) in [6, 6.07) is 9.83. The first-order valence-electron chi connectivity index (χ1n) is 7.40. The van der Waals surface area contributed by atoms with Gasteiger partial charge in [-0.25, -0.2) is 4.79 Å². The Balaban J connectivity index is 2.44. The first kappa shape index (κ1) is 17.4. The number of anilines is 1. The second kappa shape index (κ2) is 8.08. The Hall–Kier alpha value is -1.92. The molecule has 122 valence electrons. The summed E-state index contributed by atoms with van der Waals surface area (Å²) in [6.07, 6.45) is 0.977. The van der Waals surface area contributed by atoms with Crippen molar-refractivity contribution >= 4 is 39.6 Å². The van der Waals surface area contributed by atoms with Crippen molar-refractivity contribution in [1.29, 1.82) is 0 Å². The van der Waals surface area contributed by atoms with E-state index in [1.165, 1.54) is 18.4 Å². The number of carbonyl (C=O) groups is 1. The fourth-order valence-corrected chi connectivity index (χ4v) is 3.61. The van der Waals surface area contributed by atoms with Crippen LogP contribution in [0.1, 0.15) is 28.6 Å². The number of rotatable bonds is 5. The van der Waals surface area contributed by atoms with Crippen LogP contribution >= 0.6 is 23.6 Å². The zero-order valence-corrected chi connectivity index (χ0v) is 15.1. The van der Waals surface area contributed by atoms with E-state index >= 15 is 0 Å². The molecule has 0 radical (unpaired) electrons. The lowest BCUT2D eigenvalue weighted by molar-refractivity contribution is 0.0603. The molecule has 0 saturated heterocycles. The van der Waals surface area contributed by atoms with E-state index in [-0.39, 0.29) is 5.97 Å². The molecule has 2 aromatic rings. The number of esters is 1. The lowest BCUT2D eigenvalue weighted by Crippen LogP contribution is -2.29. The highest BCUT2D eigenvalue weighted by Crippen LogP contribution is 2.40. The van der Waals surface area contributed by atoms with Crippen molar-refractivity contribution in [3.05, 3.63) is 40.8 Å². The molecular weight excluding hydrogens is 328 g/mol. The van der Waals surface area contributed by atoms with Crippen molar-refractivity contribution in [1.82, 2.24) is 5.32 Å². The summed E-state index contributed by atoms with van der Waals surface area (Å²) in [4.78, 5) is 13.4. The number of thiophene rings is 1. The Morgan fingerprint density at radius 3 is 2.61 bits per heavy atom. The van der Waals surface area contributed by atoms with Gasteiger partial charge in [0.2, 0.25) is 0 Å². The Morgan fingerprint density at radius 1 is 1.30 bits per heavy atom. The van der Waals surface area contributed by atoms with Gasteiger partial charge < -0.3 is 15.4 Å². The van der Waals surface area contributed by atoms with Crippen molar-refractivity contribution < 1.29 is 9.53 Å². The van der Waals surface area contributed by atoms with Gasteiger partial charge in [0.15, 0.2) is 5.11 Å². The van der Waals surface area contributed by atoms with E-state index in [4.69, 9.17) is 17.0 Å². The summed E-state index contributed by atoms with van der Waals surface area (Å²) in [5.41, 5.74) is 2.41. The van der Waals surface area contributed by atoms with Crippen LogP contribution in [0.5, 0.6) is 0 Å². The molecule has 0 aliphatic carbocycles. The molecule has 0 amide bonds. The minimum Gasteiger partial charge on any atom is -0.465 e. The predicted molar refractivity (Wildman–Crippen MR) is 100 cm³/mol. The Kier molecular flexibility index (Phi) is 6.12. The lowest BCUT2D eigenvalue weighted by Gasteiger charge is -2.10. The lowest BCUT2D eigenvalue weighted by atomic mass is 10.0. The van der Waals surface area contributed by atoms with Crippen molar-refractivity contribution in [3.8, 4) is 11.1 Å². The van der Waals surface area contributed by atoms with E-state index in [0.29, 0.717) is 15.7 Å². The minimum absolute atomic E-state index is 0.367. The fourth-order valence-electron chi connectivity index (χ4n) is 2.27. The van der Waals surface area contributed by atoms with Crippen LogP contribution in [0, 0.1) is 6.92 Å². The van der Waals surface area contributed by atoms with Gasteiger partial charge in [-0.05, 0) is 31.1 Å². The Bertz CT molecular complexity index is 696. The molecule has 23 heavy (non-hydrogen) atoms. The molecule has 0 atom stereocenters. The van der Waals surface area contributed by atoms with Crippen molar-refractivity contribution in [2.75, 3.05) is 19.0 Å². The summed E-state index contributed by atoms with van der Waals surface area (Å²) in [6.45, 7) is 4.85. The first-order valence-corrected chi connectivity index (χ1v) is 8.62. The predicted octanol–water partition coefficient (Wildman–Crippen LogP) is 4.21. The molecule has 6 heteroatoms. The standard InChI is InChI=1S/C17H20N2O2S2/c1-4-10-18-17(22)19-15-14(16(20)21-3)13(11(2)23-15)12-8-6-5-7-9-12/h5-9H,4,10H2,1-3H3,(H2,18,19,22). The van der Waals surface area contributed by atoms with Crippen LogP contribution in [0.2, 0.25) is 0 Å². The molecular formula is C17H20N2O2S2. The SMILES string of the molecule is CCCNC(=S)Nc1sc(C)c(-c2ccccc2)c1C(=O)OC. The molecule has 0 spiro atoms. The number of hydrogen-bond donors (Lipinski definition) is 2. The normalized spacial score (nSPS) is 10.2. The van der Waals surface area contributed by atoms with Gasteiger partial charge in [0.25, 0.3) is 0 Å². The van der Waals surface area contributed by atoms with E-state index in [1.54, 1.807) is 0 Å². The van der Waals surface area contributed by atoms with Gasteiger partial charge in [0, 0.05) is 17.0 Å². The maximum Gasteiger partial charge on any atom is 0.341 e. The molecule has 0 aliphatic heterocycles. The third-order valence-electron chi connectivity index (χ3n) is 3.30. The van der Waals surface area contributed by atoms with Crippen molar-refractivity contribution in [2.24, 2.45) is 0 Å². The number of carbonyl (C=O) groups excluding carboxylic acids is 1. The van der Waals surface area contributed by atoms with Gasteiger partial charge >= 0.3 is 5.97 Å². The molecule has 2 N–H and O–H groups in total. The average Bonchev–Trinajstić information content (AvgIpc) is 2.88. The van der Waals surface area contributed by atoms with Crippen LogP contribution < -0.4 is 10.6 Å². The van der Waals surface area contributed by atoms with Crippen LogP contribution in [0.15, 0.2) is 30.3 Å². The number of hydrogen-bond acceptors (Lipinski definition) is 4. The van der Waals surface area contributed by atoms with Gasteiger partial charge in [0.1, 0.15) is 10.6 Å². The highest BCUT2D eigenvalue weighted by molar-refractivity contribution is 7.80. The summed E-state index contributed by atoms with van der Waals surface area (Å²) < 4.78 is 4.98. The van der Waals surface area contributed by atoms with E-state index in [1.807, 2.05) is 37.3 Å². The molecule has 0 aliphatic rings. The number of nitrogens with one attached hydrogen (secondary N) is 2. The quantitative estimate of drug-likeness (QED) is 0.626. The van der Waals surface area contributed by atoms with Gasteiger partial charge in [0.05, 0.1) is 7.11 Å². The molecule has 2 rings (SSSR count). The number of ether oxygens (including phenoxy) is 1. The number of benzene rings is 1. The molecule has 0 fully saturated rings. The van der Waals surface area contributed by atoms with Gasteiger partial charge in [-0.15, -0.1) is 11.3 Å². The summed E-state index contributed by atoms with van der Waals surface area (Å²) in [7, 11) is 1.39. The average molecular weight is 348 g/mol. The maximum absolute atomic E-state index is 12.3. The largest absolute Gasteiger partial charge is 0.465 e. The second-order valence-electron chi connectivity index (χ2n) is 4.98. The fraction of sp³-hybridized carbons (Fsp3) is 0.294. The highest BCUT2D eigenvalue weighted by Gasteiger charge is 2.24. The smallest absolute Gasteiger partial charge is 0.341 e. The number of methoxy groups -OCH3 is 1. The van der Waals surface area contributed by atoms with E-state index < -0.39 is 0 Å². The van der Waals surface area contributed by atoms with Crippen LogP contribution in [-0.2, 0) is 4.74 Å². The molecule has 4 nitrogen and oxygen atoms in total. The van der Waals surface area contributed by atoms with E-state index in [9.17, 15) is 4.79 Å². The Labute approximate surface area is 145 Å². The highest BCUT2D eigenvalue weighted by atomic mass is 32.1. The van der Waals surface area contributed by atoms with Crippen LogP contribution in [0.4, 0.5) is 5.00 Å². The van der Waals surface area contributed by atoms with Gasteiger partial charge in [-0.2, -0.15) is 0 Å². The molecule has 1 aromatic carbocycles. The van der Waals surface area contributed by atoms with E-state index in [0.717, 1.165) is 29.0 Å². The zero-order chi connectivity index (χ0) is 16.8. The molecule has 0 unspecified atom stereocenters. The molecule has 0 bridgehead atoms. The Morgan fingerprint density at radius 2 is 2.00 bits per heavy atom. The summed E-state index contributed by atoms with van der Waals surface area (Å²) in [5, 5.41) is 7.46. The van der Waals surface area contributed by atoms with Crippen LogP contribution in [0.25, 0.3) is 11.1 Å². The topological polar surface area (TPSA) is 50.4 Å². The first-order chi connectivity index (χ1) is 11.1. The molecule has 0 saturated carbocycles. The van der Waals surface area contributed by atoms with Crippen molar-refractivity contribution in [2.45, 2.75) is 20.3 Å². The maximum atomic E-state index is 12.3. The van der Waals surface area contributed by atoms with Gasteiger partial charge in [-0.1, -0.05) is 37.3 Å². The zero-order valence-electron chi connectivity index (χ0n) is 13.4. The molecule has 1 heterocycles. The van der Waals surface area contributed by atoms with Gasteiger partial charge in [-0.3, -0.25) is 0 Å². The third kappa shape index (κ3) is 4.09. The van der Waals surface area contributed by atoms with Crippen molar-refractivity contribution in [3.63, 3.8) is 0 Å². The third-order valence-corrected chi connectivity index (χ3v) is 4.57. The number of thiocarbonyl (C=S) groups is 1. The second-order valence-corrected chi connectivity index (χ2v) is 6.61. The molecule has 1 aromatic heterocycles. The summed E-state index contributed by atoms with van der Waals surface area (Å²) >= 11 is 6.79. The monoisotopic (exact) mass is 348 g/mol. The van der Waals surface area contributed by atoms with Crippen LogP contribution in [0.3, 0.4) is 0 Å². The number of aryl methyl sites for hydroxylation is 1. The summed E-state index contributed by atoms with van der Waals surface area (Å²) in [5.74, 6) is -0.367. The van der Waals surface area contributed by atoms with Crippen LogP contribution in [-0.4, -0.2) is 24.7 Å².